The number of pyridine rings is 1. The van der Waals surface area contributed by atoms with Crippen LogP contribution in [0.4, 0.5) is 5.69 Å². The molecule has 6 heteroatoms. The van der Waals surface area contributed by atoms with Crippen molar-refractivity contribution in [1.82, 2.24) is 15.3 Å². The Bertz CT molecular complexity index is 873. The molecule has 3 heterocycles. The SMILES string of the molecule is O=C(NCC1CCN(c2cccnc2)CC1)c1csc(-c2ccccc2)n1. The normalized spacial score (nSPS) is 14.9. The standard InChI is InChI=1S/C21H22N4OS/c26-20(19-15-27-21(24-19)17-5-2-1-3-6-17)23-13-16-8-11-25(12-9-16)18-7-4-10-22-14-18/h1-7,10,14-16H,8-9,11-13H2,(H,23,26). The molecular formula is C21H22N4OS. The predicted molar refractivity (Wildman–Crippen MR) is 109 cm³/mol. The topological polar surface area (TPSA) is 58.1 Å². The average Bonchev–Trinajstić information content (AvgIpc) is 3.24. The largest absolute Gasteiger partial charge is 0.370 e. The van der Waals surface area contributed by atoms with Crippen LogP contribution < -0.4 is 10.2 Å². The highest BCUT2D eigenvalue weighted by molar-refractivity contribution is 7.13. The maximum Gasteiger partial charge on any atom is 0.270 e. The van der Waals surface area contributed by atoms with Crippen LogP contribution in [-0.2, 0) is 0 Å². The van der Waals surface area contributed by atoms with Gasteiger partial charge in [0.25, 0.3) is 5.91 Å². The molecule has 0 spiro atoms. The van der Waals surface area contributed by atoms with Gasteiger partial charge in [-0.2, -0.15) is 0 Å². The van der Waals surface area contributed by atoms with Crippen LogP contribution in [0.3, 0.4) is 0 Å². The molecule has 1 N–H and O–H groups in total. The number of aromatic nitrogens is 2. The summed E-state index contributed by atoms with van der Waals surface area (Å²) >= 11 is 1.51. The number of carbonyl (C=O) groups excluding carboxylic acids is 1. The Labute approximate surface area is 163 Å². The first-order valence-electron chi connectivity index (χ1n) is 9.24. The number of nitrogens with zero attached hydrogens (tertiary/aromatic N) is 3. The third-order valence-corrected chi connectivity index (χ3v) is 5.83. The van der Waals surface area contributed by atoms with E-state index >= 15 is 0 Å². The fraction of sp³-hybridized carbons (Fsp3) is 0.286. The molecule has 5 nitrogen and oxygen atoms in total. The van der Waals surface area contributed by atoms with E-state index in [9.17, 15) is 4.79 Å². The number of anilines is 1. The Morgan fingerprint density at radius 2 is 1.96 bits per heavy atom. The summed E-state index contributed by atoms with van der Waals surface area (Å²) < 4.78 is 0. The van der Waals surface area contributed by atoms with E-state index in [1.54, 1.807) is 6.20 Å². The van der Waals surface area contributed by atoms with Crippen molar-refractivity contribution in [2.24, 2.45) is 5.92 Å². The Morgan fingerprint density at radius 1 is 1.15 bits per heavy atom. The lowest BCUT2D eigenvalue weighted by molar-refractivity contribution is 0.0940. The van der Waals surface area contributed by atoms with Crippen LogP contribution in [0.5, 0.6) is 0 Å². The molecule has 3 aromatic rings. The van der Waals surface area contributed by atoms with Crippen LogP contribution in [0.2, 0.25) is 0 Å². The van der Waals surface area contributed by atoms with Crippen LogP contribution in [-0.4, -0.2) is 35.5 Å². The second kappa shape index (κ2) is 8.31. The van der Waals surface area contributed by atoms with Crippen molar-refractivity contribution >= 4 is 22.9 Å². The van der Waals surface area contributed by atoms with E-state index in [1.165, 1.54) is 17.0 Å². The van der Waals surface area contributed by atoms with Crippen LogP contribution in [0.1, 0.15) is 23.3 Å². The lowest BCUT2D eigenvalue weighted by Crippen LogP contribution is -2.38. The highest BCUT2D eigenvalue weighted by atomic mass is 32.1. The van der Waals surface area contributed by atoms with E-state index in [4.69, 9.17) is 0 Å². The van der Waals surface area contributed by atoms with Crippen molar-refractivity contribution in [3.63, 3.8) is 0 Å². The van der Waals surface area contributed by atoms with Gasteiger partial charge in [0, 0.05) is 36.8 Å². The summed E-state index contributed by atoms with van der Waals surface area (Å²) in [5, 5.41) is 5.78. The summed E-state index contributed by atoms with van der Waals surface area (Å²) in [6.07, 6.45) is 5.85. The van der Waals surface area contributed by atoms with Crippen molar-refractivity contribution in [2.45, 2.75) is 12.8 Å². The molecule has 0 atom stereocenters. The van der Waals surface area contributed by atoms with Gasteiger partial charge in [-0.05, 0) is 30.9 Å². The molecule has 1 saturated heterocycles. The molecule has 0 unspecified atom stereocenters. The van der Waals surface area contributed by atoms with Gasteiger partial charge in [-0.1, -0.05) is 30.3 Å². The second-order valence-electron chi connectivity index (χ2n) is 6.76. The lowest BCUT2D eigenvalue weighted by Gasteiger charge is -2.33. The van der Waals surface area contributed by atoms with Crippen LogP contribution in [0.15, 0.2) is 60.2 Å². The van der Waals surface area contributed by atoms with Gasteiger partial charge in [-0.25, -0.2) is 4.98 Å². The van der Waals surface area contributed by atoms with Crippen molar-refractivity contribution in [3.05, 3.63) is 65.9 Å². The first-order valence-corrected chi connectivity index (χ1v) is 10.1. The van der Waals surface area contributed by atoms with Gasteiger partial charge in [0.05, 0.1) is 11.9 Å². The molecule has 1 aromatic carbocycles. The number of rotatable bonds is 5. The summed E-state index contributed by atoms with van der Waals surface area (Å²) in [5.41, 5.74) is 2.73. The number of carbonyl (C=O) groups is 1. The smallest absolute Gasteiger partial charge is 0.270 e. The molecule has 4 rings (SSSR count). The molecule has 1 aliphatic rings. The monoisotopic (exact) mass is 378 g/mol. The van der Waals surface area contributed by atoms with Crippen molar-refractivity contribution in [1.29, 1.82) is 0 Å². The Hall–Kier alpha value is -2.73. The number of nitrogens with one attached hydrogen (secondary N) is 1. The minimum Gasteiger partial charge on any atom is -0.370 e. The molecule has 1 aliphatic heterocycles. The minimum absolute atomic E-state index is 0.0804. The van der Waals surface area contributed by atoms with Crippen molar-refractivity contribution in [3.8, 4) is 10.6 Å². The third-order valence-electron chi connectivity index (χ3n) is 4.93. The lowest BCUT2D eigenvalue weighted by atomic mass is 9.96. The zero-order chi connectivity index (χ0) is 18.5. The Morgan fingerprint density at radius 3 is 2.70 bits per heavy atom. The number of hydrogen-bond acceptors (Lipinski definition) is 5. The first-order chi connectivity index (χ1) is 13.3. The highest BCUT2D eigenvalue weighted by Gasteiger charge is 2.21. The van der Waals surface area contributed by atoms with Gasteiger partial charge in [0.1, 0.15) is 10.7 Å². The average molecular weight is 379 g/mol. The number of benzene rings is 1. The zero-order valence-corrected chi connectivity index (χ0v) is 15.9. The maximum absolute atomic E-state index is 12.4. The molecular weight excluding hydrogens is 356 g/mol. The molecule has 27 heavy (non-hydrogen) atoms. The summed E-state index contributed by atoms with van der Waals surface area (Å²) in [5.74, 6) is 0.428. The third kappa shape index (κ3) is 4.34. The number of piperidine rings is 1. The van der Waals surface area contributed by atoms with Gasteiger partial charge < -0.3 is 10.2 Å². The zero-order valence-electron chi connectivity index (χ0n) is 15.0. The Kier molecular flexibility index (Phi) is 5.44. The number of amides is 1. The molecule has 1 amide bonds. The van der Waals surface area contributed by atoms with Crippen molar-refractivity contribution < 1.29 is 4.79 Å². The fourth-order valence-electron chi connectivity index (χ4n) is 3.36. The number of hydrogen-bond donors (Lipinski definition) is 1. The van der Waals surface area contributed by atoms with Gasteiger partial charge in [-0.15, -0.1) is 11.3 Å². The highest BCUT2D eigenvalue weighted by Crippen LogP contribution is 2.24. The molecule has 138 valence electrons. The van der Waals surface area contributed by atoms with E-state index in [2.05, 4.69) is 26.3 Å². The summed E-state index contributed by atoms with van der Waals surface area (Å²) in [7, 11) is 0. The predicted octanol–water partition coefficient (Wildman–Crippen LogP) is 3.85. The van der Waals surface area contributed by atoms with Crippen LogP contribution in [0.25, 0.3) is 10.6 Å². The van der Waals surface area contributed by atoms with Crippen molar-refractivity contribution in [2.75, 3.05) is 24.5 Å². The van der Waals surface area contributed by atoms with Crippen LogP contribution in [0, 0.1) is 5.92 Å². The van der Waals surface area contributed by atoms with Crippen LogP contribution >= 0.6 is 11.3 Å². The van der Waals surface area contributed by atoms with E-state index in [-0.39, 0.29) is 5.91 Å². The molecule has 0 aliphatic carbocycles. The Balaban J connectivity index is 1.27. The van der Waals surface area contributed by atoms with Gasteiger partial charge in [0.15, 0.2) is 0 Å². The summed E-state index contributed by atoms with van der Waals surface area (Å²) in [4.78, 5) is 23.5. The van der Waals surface area contributed by atoms with Gasteiger partial charge in [-0.3, -0.25) is 9.78 Å². The molecule has 0 saturated carbocycles. The van der Waals surface area contributed by atoms with E-state index in [0.717, 1.165) is 36.5 Å². The summed E-state index contributed by atoms with van der Waals surface area (Å²) in [6, 6.07) is 14.0. The second-order valence-corrected chi connectivity index (χ2v) is 7.61. The molecule has 0 radical (unpaired) electrons. The van der Waals surface area contributed by atoms with Gasteiger partial charge >= 0.3 is 0 Å². The number of thiazole rings is 1. The maximum atomic E-state index is 12.4. The summed E-state index contributed by atoms with van der Waals surface area (Å²) in [6.45, 7) is 2.71. The fourth-order valence-corrected chi connectivity index (χ4v) is 4.16. The first kappa shape index (κ1) is 17.7. The quantitative estimate of drug-likeness (QED) is 0.733. The van der Waals surface area contributed by atoms with Gasteiger partial charge in [0.2, 0.25) is 0 Å². The molecule has 0 bridgehead atoms. The van der Waals surface area contributed by atoms with E-state index in [0.29, 0.717) is 18.2 Å². The minimum atomic E-state index is -0.0804. The molecule has 2 aromatic heterocycles. The van der Waals surface area contributed by atoms with E-state index in [1.807, 2.05) is 48.0 Å². The molecule has 1 fully saturated rings. The van der Waals surface area contributed by atoms with E-state index < -0.39 is 0 Å².